The normalized spacial score (nSPS) is 13.2. The van der Waals surface area contributed by atoms with Crippen molar-refractivity contribution >= 4 is 17.7 Å². The van der Waals surface area contributed by atoms with Crippen LogP contribution in [0.2, 0.25) is 0 Å². The van der Waals surface area contributed by atoms with Crippen LogP contribution >= 0.6 is 0 Å². The van der Waals surface area contributed by atoms with Gasteiger partial charge in [0.1, 0.15) is 11.5 Å². The van der Waals surface area contributed by atoms with Crippen LogP contribution in [0, 0.1) is 5.82 Å². The summed E-state index contributed by atoms with van der Waals surface area (Å²) >= 11 is 0. The van der Waals surface area contributed by atoms with Crippen molar-refractivity contribution in [2.45, 2.75) is 32.5 Å². The summed E-state index contributed by atoms with van der Waals surface area (Å²) in [4.78, 5) is 39.3. The number of amides is 3. The van der Waals surface area contributed by atoms with Crippen LogP contribution in [0.15, 0.2) is 60.7 Å². The quantitative estimate of drug-likeness (QED) is 0.537. The molecular formula is C25H26FN5O3. The van der Waals surface area contributed by atoms with Crippen LogP contribution in [0.4, 0.5) is 4.39 Å². The number of benzene rings is 2. The summed E-state index contributed by atoms with van der Waals surface area (Å²) in [5.41, 5.74) is 2.30. The maximum atomic E-state index is 13.2. The fraction of sp³-hybridized carbons (Fsp3) is 0.280. The topological polar surface area (TPSA) is 96.3 Å². The van der Waals surface area contributed by atoms with Crippen LogP contribution in [-0.4, -0.2) is 45.5 Å². The first-order valence-electron chi connectivity index (χ1n) is 11.2. The van der Waals surface area contributed by atoms with Gasteiger partial charge in [-0.3, -0.25) is 19.1 Å². The Hall–Kier alpha value is -4.01. The second-order valence-corrected chi connectivity index (χ2v) is 8.11. The number of carbonyl (C=O) groups excluding carboxylic acids is 3. The highest BCUT2D eigenvalue weighted by molar-refractivity contribution is 5.98. The third-order valence-corrected chi connectivity index (χ3v) is 5.57. The number of fused-ring (bicyclic) bond motifs is 1. The molecule has 2 aromatic carbocycles. The zero-order chi connectivity index (χ0) is 23.9. The lowest BCUT2D eigenvalue weighted by Crippen LogP contribution is -2.31. The van der Waals surface area contributed by atoms with E-state index in [1.165, 1.54) is 18.2 Å². The Labute approximate surface area is 196 Å². The van der Waals surface area contributed by atoms with Gasteiger partial charge >= 0.3 is 0 Å². The number of hydrogen-bond acceptors (Lipinski definition) is 4. The fourth-order valence-electron chi connectivity index (χ4n) is 3.77. The van der Waals surface area contributed by atoms with Crippen LogP contribution in [0.5, 0.6) is 0 Å². The molecule has 9 heteroatoms. The molecule has 0 bridgehead atoms. The molecule has 2 N–H and O–H groups in total. The number of nitrogens with one attached hydrogen (secondary N) is 2. The molecular weight excluding hydrogens is 437 g/mol. The number of halogens is 1. The second-order valence-electron chi connectivity index (χ2n) is 8.11. The summed E-state index contributed by atoms with van der Waals surface area (Å²) in [7, 11) is 0. The largest absolute Gasteiger partial charge is 0.352 e. The van der Waals surface area contributed by atoms with Crippen LogP contribution in [-0.2, 0) is 24.4 Å². The molecule has 1 aromatic heterocycles. The standard InChI is InChI=1S/C25H26FN5O3/c26-20-9-7-19(8-10-20)17-30-13-4-14-31-22(25(30)34)15-21(29-31)24(33)27-12-11-23(32)28-16-18-5-2-1-3-6-18/h1-3,5-10,15H,4,11-14,16-17H2,(H,27,33)(H,28,32). The van der Waals surface area contributed by atoms with Crippen molar-refractivity contribution in [2.24, 2.45) is 0 Å². The van der Waals surface area contributed by atoms with E-state index < -0.39 is 5.91 Å². The van der Waals surface area contributed by atoms with Crippen molar-refractivity contribution in [3.8, 4) is 0 Å². The maximum Gasteiger partial charge on any atom is 0.272 e. The summed E-state index contributed by atoms with van der Waals surface area (Å²) < 4.78 is 14.7. The van der Waals surface area contributed by atoms with Gasteiger partial charge in [-0.1, -0.05) is 42.5 Å². The highest BCUT2D eigenvalue weighted by atomic mass is 19.1. The van der Waals surface area contributed by atoms with Gasteiger partial charge in [0.2, 0.25) is 5.91 Å². The molecule has 1 aliphatic rings. The van der Waals surface area contributed by atoms with Gasteiger partial charge in [0.15, 0.2) is 5.69 Å². The van der Waals surface area contributed by atoms with Crippen LogP contribution in [0.3, 0.4) is 0 Å². The maximum absolute atomic E-state index is 13.2. The van der Waals surface area contributed by atoms with Gasteiger partial charge in [0.05, 0.1) is 0 Å². The molecule has 3 amide bonds. The van der Waals surface area contributed by atoms with E-state index in [1.54, 1.807) is 21.7 Å². The molecule has 0 unspecified atom stereocenters. The molecule has 8 nitrogen and oxygen atoms in total. The van der Waals surface area contributed by atoms with Gasteiger partial charge in [-0.2, -0.15) is 5.10 Å². The third-order valence-electron chi connectivity index (χ3n) is 5.57. The van der Waals surface area contributed by atoms with Crippen molar-refractivity contribution in [2.75, 3.05) is 13.1 Å². The molecule has 0 radical (unpaired) electrons. The lowest BCUT2D eigenvalue weighted by Gasteiger charge is -2.20. The van der Waals surface area contributed by atoms with Gasteiger partial charge in [-0.05, 0) is 29.7 Å². The highest BCUT2D eigenvalue weighted by Crippen LogP contribution is 2.17. The van der Waals surface area contributed by atoms with E-state index >= 15 is 0 Å². The first-order valence-corrected chi connectivity index (χ1v) is 11.2. The molecule has 176 valence electrons. The fourth-order valence-corrected chi connectivity index (χ4v) is 3.77. The Morgan fingerprint density at radius 1 is 0.971 bits per heavy atom. The number of hydrogen-bond donors (Lipinski definition) is 2. The Kier molecular flexibility index (Phi) is 7.31. The lowest BCUT2D eigenvalue weighted by molar-refractivity contribution is -0.121. The van der Waals surface area contributed by atoms with E-state index in [4.69, 9.17) is 0 Å². The zero-order valence-corrected chi connectivity index (χ0v) is 18.7. The monoisotopic (exact) mass is 463 g/mol. The predicted octanol–water partition coefficient (Wildman–Crippen LogP) is 2.50. The summed E-state index contributed by atoms with van der Waals surface area (Å²) in [6, 6.07) is 17.1. The van der Waals surface area contributed by atoms with Gasteiger partial charge in [0.25, 0.3) is 11.8 Å². The SMILES string of the molecule is O=C(CCNC(=O)c1cc2n(n1)CCCN(Cc1ccc(F)cc1)C2=O)NCc1ccccc1. The molecule has 0 aliphatic carbocycles. The summed E-state index contributed by atoms with van der Waals surface area (Å²) in [6.07, 6.45) is 0.820. The summed E-state index contributed by atoms with van der Waals surface area (Å²) in [5, 5.41) is 9.79. The van der Waals surface area contributed by atoms with Gasteiger partial charge in [-0.15, -0.1) is 0 Å². The van der Waals surface area contributed by atoms with Gasteiger partial charge in [0, 0.05) is 45.2 Å². The minimum atomic E-state index is -0.436. The van der Waals surface area contributed by atoms with Crippen molar-refractivity contribution < 1.29 is 18.8 Å². The first-order chi connectivity index (χ1) is 16.5. The number of aryl methyl sites for hydroxylation is 1. The summed E-state index contributed by atoms with van der Waals surface area (Å²) in [5.74, 6) is -1.16. The molecule has 34 heavy (non-hydrogen) atoms. The minimum absolute atomic E-state index is 0.135. The molecule has 0 saturated heterocycles. The Balaban J connectivity index is 1.30. The number of rotatable bonds is 8. The van der Waals surface area contributed by atoms with Crippen molar-refractivity contribution in [3.63, 3.8) is 0 Å². The highest BCUT2D eigenvalue weighted by Gasteiger charge is 2.26. The van der Waals surface area contributed by atoms with E-state index in [-0.39, 0.29) is 36.3 Å². The van der Waals surface area contributed by atoms with E-state index in [2.05, 4.69) is 15.7 Å². The van der Waals surface area contributed by atoms with Crippen LogP contribution in [0.25, 0.3) is 0 Å². The molecule has 2 heterocycles. The number of carbonyl (C=O) groups is 3. The zero-order valence-electron chi connectivity index (χ0n) is 18.7. The second kappa shape index (κ2) is 10.7. The van der Waals surface area contributed by atoms with Gasteiger partial charge in [-0.25, -0.2) is 4.39 Å². The van der Waals surface area contributed by atoms with Crippen LogP contribution < -0.4 is 10.6 Å². The average molecular weight is 464 g/mol. The smallest absolute Gasteiger partial charge is 0.272 e. The number of aromatic nitrogens is 2. The Morgan fingerprint density at radius 3 is 2.50 bits per heavy atom. The van der Waals surface area contributed by atoms with E-state index in [9.17, 15) is 18.8 Å². The molecule has 0 fully saturated rings. The van der Waals surface area contributed by atoms with E-state index in [0.717, 1.165) is 11.1 Å². The molecule has 3 aromatic rings. The molecule has 0 spiro atoms. The first kappa shape index (κ1) is 23.2. The predicted molar refractivity (Wildman–Crippen MR) is 123 cm³/mol. The van der Waals surface area contributed by atoms with E-state index in [0.29, 0.717) is 38.3 Å². The molecule has 1 aliphatic heterocycles. The lowest BCUT2D eigenvalue weighted by atomic mass is 10.2. The average Bonchev–Trinajstić information content (AvgIpc) is 3.22. The van der Waals surface area contributed by atoms with Gasteiger partial charge < -0.3 is 15.5 Å². The minimum Gasteiger partial charge on any atom is -0.352 e. The Bertz CT molecular complexity index is 1160. The molecule has 4 rings (SSSR count). The van der Waals surface area contributed by atoms with E-state index in [1.807, 2.05) is 30.3 Å². The third kappa shape index (κ3) is 5.86. The van der Waals surface area contributed by atoms with Crippen molar-refractivity contribution in [1.29, 1.82) is 0 Å². The van der Waals surface area contributed by atoms with Crippen molar-refractivity contribution in [3.05, 3.63) is 89.0 Å². The molecule has 0 atom stereocenters. The number of nitrogens with zero attached hydrogens (tertiary/aromatic N) is 3. The molecule has 0 saturated carbocycles. The Morgan fingerprint density at radius 2 is 1.74 bits per heavy atom. The summed E-state index contributed by atoms with van der Waals surface area (Å²) in [6.45, 7) is 1.99. The van der Waals surface area contributed by atoms with Crippen LogP contribution in [0.1, 0.15) is 44.9 Å². The van der Waals surface area contributed by atoms with Crippen molar-refractivity contribution in [1.82, 2.24) is 25.3 Å².